The smallest absolute Gasteiger partial charge is 0.0459 e. The minimum Gasteiger partial charge on any atom is -0.139 e. The maximum atomic E-state index is 3.84. The Morgan fingerprint density at radius 1 is 0.952 bits per heavy atom. The van der Waals surface area contributed by atoms with Crippen LogP contribution in [0.25, 0.3) is 15.5 Å². The molecular formula is C19H28S2. The minimum atomic E-state index is 0.874. The lowest BCUT2D eigenvalue weighted by molar-refractivity contribution is 0.512. The van der Waals surface area contributed by atoms with Crippen molar-refractivity contribution < 1.29 is 0 Å². The Kier molecular flexibility index (Phi) is 6.98. The summed E-state index contributed by atoms with van der Waals surface area (Å²) in [6.45, 7) is 8.49. The second-order valence-corrected chi connectivity index (χ2v) is 8.63. The summed E-state index contributed by atoms with van der Waals surface area (Å²) in [6, 6.07) is 4.66. The van der Waals surface area contributed by atoms with Gasteiger partial charge in [-0.05, 0) is 30.9 Å². The number of thiophene rings is 2. The molecule has 0 amide bonds. The van der Waals surface area contributed by atoms with Crippen LogP contribution in [0.15, 0.2) is 18.7 Å². The van der Waals surface area contributed by atoms with E-state index in [4.69, 9.17) is 0 Å². The second kappa shape index (κ2) is 8.75. The Morgan fingerprint density at radius 3 is 2.29 bits per heavy atom. The number of hydrogen-bond acceptors (Lipinski definition) is 2. The lowest BCUT2D eigenvalue weighted by Gasteiger charge is -2.04. The van der Waals surface area contributed by atoms with E-state index in [1.165, 1.54) is 65.6 Å². The molecule has 2 aromatic rings. The Balaban J connectivity index is 1.59. The van der Waals surface area contributed by atoms with Gasteiger partial charge in [0.2, 0.25) is 0 Å². The molecule has 0 fully saturated rings. The summed E-state index contributed by atoms with van der Waals surface area (Å²) >= 11 is 3.84. The lowest BCUT2D eigenvalue weighted by atomic mass is 10.0. The third-order valence-electron chi connectivity index (χ3n) is 3.93. The first-order valence-electron chi connectivity index (χ1n) is 8.33. The summed E-state index contributed by atoms with van der Waals surface area (Å²) in [5, 5.41) is 0. The molecule has 0 atom stereocenters. The molecule has 2 rings (SSSR count). The summed E-state index contributed by atoms with van der Waals surface area (Å²) < 4.78 is 2.89. The highest BCUT2D eigenvalue weighted by Gasteiger charge is 2.05. The van der Waals surface area contributed by atoms with Crippen LogP contribution in [-0.4, -0.2) is 0 Å². The van der Waals surface area contributed by atoms with Gasteiger partial charge < -0.3 is 0 Å². The molecule has 0 aliphatic carbocycles. The molecule has 0 nitrogen and oxygen atoms in total. The van der Waals surface area contributed by atoms with Gasteiger partial charge in [-0.3, -0.25) is 0 Å². The number of hydrogen-bond donors (Lipinski definition) is 0. The zero-order chi connectivity index (χ0) is 15.1. The normalized spacial score (nSPS) is 11.6. The highest BCUT2D eigenvalue weighted by molar-refractivity contribution is 7.28. The Labute approximate surface area is 137 Å². The van der Waals surface area contributed by atoms with Gasteiger partial charge in [0, 0.05) is 19.2 Å². The van der Waals surface area contributed by atoms with E-state index in [0.717, 1.165) is 5.92 Å². The maximum absolute atomic E-state index is 3.84. The minimum absolute atomic E-state index is 0.874. The molecule has 21 heavy (non-hydrogen) atoms. The van der Waals surface area contributed by atoms with Crippen molar-refractivity contribution in [2.75, 3.05) is 0 Å². The van der Waals surface area contributed by atoms with Gasteiger partial charge in [-0.1, -0.05) is 65.0 Å². The molecule has 2 aromatic heterocycles. The van der Waals surface area contributed by atoms with Crippen molar-refractivity contribution in [3.05, 3.63) is 28.5 Å². The highest BCUT2D eigenvalue weighted by atomic mass is 32.1. The molecule has 0 spiro atoms. The second-order valence-electron chi connectivity index (χ2n) is 6.35. The zero-order valence-corrected chi connectivity index (χ0v) is 15.1. The number of rotatable bonds is 10. The van der Waals surface area contributed by atoms with E-state index < -0.39 is 0 Å². The predicted octanol–water partition coefficient (Wildman–Crippen LogP) is 7.54. The fourth-order valence-corrected chi connectivity index (χ4v) is 5.01. The van der Waals surface area contributed by atoms with E-state index in [2.05, 4.69) is 32.6 Å². The van der Waals surface area contributed by atoms with E-state index in [-0.39, 0.29) is 0 Å². The van der Waals surface area contributed by atoms with E-state index >= 15 is 0 Å². The van der Waals surface area contributed by atoms with Gasteiger partial charge in [0.1, 0.15) is 0 Å². The van der Waals surface area contributed by atoms with Gasteiger partial charge >= 0.3 is 0 Å². The Hall–Kier alpha value is -0.600. The Bertz CT molecular complexity index is 513. The van der Waals surface area contributed by atoms with Gasteiger partial charge in [0.05, 0.1) is 0 Å². The molecule has 0 bridgehead atoms. The van der Waals surface area contributed by atoms with Crippen LogP contribution in [-0.2, 0) is 6.42 Å². The zero-order valence-electron chi connectivity index (χ0n) is 13.5. The molecule has 0 aliphatic rings. The van der Waals surface area contributed by atoms with Crippen molar-refractivity contribution in [1.82, 2.24) is 0 Å². The van der Waals surface area contributed by atoms with Crippen LogP contribution in [0.3, 0.4) is 0 Å². The highest BCUT2D eigenvalue weighted by Crippen LogP contribution is 2.34. The third-order valence-corrected chi connectivity index (χ3v) is 6.28. The number of fused-ring (bicyclic) bond motifs is 1. The van der Waals surface area contributed by atoms with E-state index in [0.29, 0.717) is 0 Å². The topological polar surface area (TPSA) is 0 Å². The van der Waals surface area contributed by atoms with Gasteiger partial charge in [-0.15, -0.1) is 22.7 Å². The van der Waals surface area contributed by atoms with Gasteiger partial charge in [0.25, 0.3) is 0 Å². The van der Waals surface area contributed by atoms with Crippen LogP contribution in [0, 0.1) is 5.92 Å². The van der Waals surface area contributed by atoms with Gasteiger partial charge in [-0.2, -0.15) is 0 Å². The summed E-state index contributed by atoms with van der Waals surface area (Å²) in [5.41, 5.74) is 0. The molecule has 0 aromatic carbocycles. The number of aryl methyl sites for hydroxylation is 1. The first-order valence-corrected chi connectivity index (χ1v) is 9.97. The monoisotopic (exact) mass is 320 g/mol. The fourth-order valence-electron chi connectivity index (χ4n) is 2.69. The molecule has 116 valence electrons. The lowest BCUT2D eigenvalue weighted by Crippen LogP contribution is -1.87. The Morgan fingerprint density at radius 2 is 1.62 bits per heavy atom. The maximum Gasteiger partial charge on any atom is 0.0459 e. The van der Waals surface area contributed by atoms with E-state index in [1.807, 2.05) is 28.7 Å². The first-order chi connectivity index (χ1) is 10.2. The fraction of sp³-hybridized carbons (Fsp3) is 0.579. The molecule has 2 heterocycles. The standard InChI is InChI=1S/C19H28S2/c1-4-16-13-18-19(20-16)14-17(21-18)12-10-8-6-5-7-9-11-15(2)3/h4,13-15H,1,5-12H2,2-3H3. The molecule has 0 aliphatic heterocycles. The summed E-state index contributed by atoms with van der Waals surface area (Å²) in [7, 11) is 0. The molecule has 0 saturated carbocycles. The molecule has 0 radical (unpaired) electrons. The van der Waals surface area contributed by atoms with Crippen molar-refractivity contribution in [2.45, 2.75) is 65.2 Å². The van der Waals surface area contributed by atoms with E-state index in [1.54, 1.807) is 4.88 Å². The van der Waals surface area contributed by atoms with Gasteiger partial charge in [0.15, 0.2) is 0 Å². The molecule has 0 unspecified atom stereocenters. The molecule has 2 heteroatoms. The van der Waals surface area contributed by atoms with Crippen molar-refractivity contribution in [3.63, 3.8) is 0 Å². The van der Waals surface area contributed by atoms with Crippen LogP contribution >= 0.6 is 22.7 Å². The largest absolute Gasteiger partial charge is 0.139 e. The van der Waals surface area contributed by atoms with Crippen molar-refractivity contribution >= 4 is 38.1 Å². The van der Waals surface area contributed by atoms with Crippen LogP contribution in [0.2, 0.25) is 0 Å². The summed E-state index contributed by atoms with van der Waals surface area (Å²) in [6.07, 6.45) is 13.1. The summed E-state index contributed by atoms with van der Waals surface area (Å²) in [4.78, 5) is 2.86. The van der Waals surface area contributed by atoms with Crippen molar-refractivity contribution in [3.8, 4) is 0 Å². The van der Waals surface area contributed by atoms with Crippen LogP contribution in [0.4, 0.5) is 0 Å². The van der Waals surface area contributed by atoms with Crippen LogP contribution < -0.4 is 0 Å². The molecular weight excluding hydrogens is 292 g/mol. The molecule has 0 N–H and O–H groups in total. The molecule has 0 saturated heterocycles. The SMILES string of the molecule is C=Cc1cc2sc(CCCCCCCCC(C)C)cc2s1. The van der Waals surface area contributed by atoms with Crippen LogP contribution in [0.1, 0.15) is 68.5 Å². The van der Waals surface area contributed by atoms with Gasteiger partial charge in [-0.25, -0.2) is 0 Å². The third kappa shape index (κ3) is 5.60. The first kappa shape index (κ1) is 16.8. The average Bonchev–Trinajstić information content (AvgIpc) is 2.99. The van der Waals surface area contributed by atoms with Crippen molar-refractivity contribution in [2.24, 2.45) is 5.92 Å². The van der Waals surface area contributed by atoms with Crippen molar-refractivity contribution in [1.29, 1.82) is 0 Å². The number of unbranched alkanes of at least 4 members (excludes halogenated alkanes) is 5. The quantitative estimate of drug-likeness (QED) is 0.397. The summed E-state index contributed by atoms with van der Waals surface area (Å²) in [5.74, 6) is 0.874. The van der Waals surface area contributed by atoms with E-state index in [9.17, 15) is 0 Å². The predicted molar refractivity (Wildman–Crippen MR) is 101 cm³/mol. The average molecular weight is 321 g/mol. The van der Waals surface area contributed by atoms with Crippen LogP contribution in [0.5, 0.6) is 0 Å².